The monoisotopic (exact) mass is 345 g/mol. The highest BCUT2D eigenvalue weighted by Crippen LogP contribution is 2.35. The molecule has 5 heteroatoms. The van der Waals surface area contributed by atoms with Gasteiger partial charge in [0.05, 0.1) is 11.8 Å². The predicted molar refractivity (Wildman–Crippen MR) is 97.0 cm³/mol. The molecule has 0 spiro atoms. The number of amides is 1. The second-order valence-electron chi connectivity index (χ2n) is 7.65. The lowest BCUT2D eigenvalue weighted by molar-refractivity contribution is 0.0434. The van der Waals surface area contributed by atoms with Gasteiger partial charge in [-0.3, -0.25) is 4.90 Å². The van der Waals surface area contributed by atoms with Gasteiger partial charge in [0.25, 0.3) is 0 Å². The molecule has 2 aliphatic heterocycles. The Morgan fingerprint density at radius 2 is 1.96 bits per heavy atom. The first-order valence-corrected chi connectivity index (χ1v) is 12.2. The van der Waals surface area contributed by atoms with Crippen LogP contribution in [0.2, 0.25) is 19.6 Å². The van der Waals surface area contributed by atoms with Crippen molar-refractivity contribution in [1.29, 1.82) is 0 Å². The van der Waals surface area contributed by atoms with Crippen molar-refractivity contribution in [2.75, 3.05) is 0 Å². The van der Waals surface area contributed by atoms with Crippen LogP contribution in [0.15, 0.2) is 42.2 Å². The SMILES string of the molecule is C[Si](C)(C)OC1=C[C@@H]2CCC[C@H](C1)N2C(=O)OCc1ccccc1. The van der Waals surface area contributed by atoms with Crippen molar-refractivity contribution in [3.63, 3.8) is 0 Å². The zero-order valence-electron chi connectivity index (χ0n) is 14.8. The Bertz CT molecular complexity index is 609. The summed E-state index contributed by atoms with van der Waals surface area (Å²) in [7, 11) is -1.60. The number of hydrogen-bond acceptors (Lipinski definition) is 3. The average Bonchev–Trinajstić information content (AvgIpc) is 2.51. The van der Waals surface area contributed by atoms with Crippen molar-refractivity contribution in [3.05, 3.63) is 47.7 Å². The molecule has 0 unspecified atom stereocenters. The Kier molecular flexibility index (Phi) is 4.99. The number of nitrogens with zero attached hydrogens (tertiary/aromatic N) is 1. The van der Waals surface area contributed by atoms with Crippen LogP contribution >= 0.6 is 0 Å². The number of rotatable bonds is 4. The minimum absolute atomic E-state index is 0.118. The summed E-state index contributed by atoms with van der Waals surface area (Å²) < 4.78 is 11.8. The van der Waals surface area contributed by atoms with Gasteiger partial charge >= 0.3 is 6.09 Å². The van der Waals surface area contributed by atoms with Crippen LogP contribution in [0.1, 0.15) is 31.2 Å². The standard InChI is InChI=1S/C19H27NO3Si/c1-24(2,3)23-18-12-16-10-7-11-17(13-18)20(16)19(21)22-14-15-8-5-4-6-9-15/h4-6,8-9,12,16-17H,7,10-11,13-14H2,1-3H3/t16-,17+/m0/s1. The average molecular weight is 346 g/mol. The Morgan fingerprint density at radius 3 is 2.62 bits per heavy atom. The fourth-order valence-electron chi connectivity index (χ4n) is 3.54. The number of carbonyl (C=O) groups excluding carboxylic acids is 1. The van der Waals surface area contributed by atoms with Gasteiger partial charge in [0, 0.05) is 12.5 Å². The molecule has 130 valence electrons. The molecular weight excluding hydrogens is 318 g/mol. The van der Waals surface area contributed by atoms with E-state index in [0.717, 1.165) is 37.0 Å². The molecule has 0 aliphatic carbocycles. The van der Waals surface area contributed by atoms with Crippen LogP contribution in [0.25, 0.3) is 0 Å². The van der Waals surface area contributed by atoms with E-state index in [1.807, 2.05) is 35.2 Å². The van der Waals surface area contributed by atoms with Crippen LogP contribution in [0, 0.1) is 0 Å². The van der Waals surface area contributed by atoms with Gasteiger partial charge in [-0.15, -0.1) is 0 Å². The number of benzene rings is 1. The summed E-state index contributed by atoms with van der Waals surface area (Å²) >= 11 is 0. The summed E-state index contributed by atoms with van der Waals surface area (Å²) in [5, 5.41) is 0. The zero-order valence-corrected chi connectivity index (χ0v) is 15.8. The Balaban J connectivity index is 1.66. The molecule has 0 radical (unpaired) electrons. The van der Waals surface area contributed by atoms with Crippen molar-refractivity contribution in [3.8, 4) is 0 Å². The molecule has 2 bridgehead atoms. The molecule has 3 rings (SSSR count). The van der Waals surface area contributed by atoms with Gasteiger partial charge < -0.3 is 9.16 Å². The topological polar surface area (TPSA) is 38.8 Å². The highest BCUT2D eigenvalue weighted by atomic mass is 28.4. The van der Waals surface area contributed by atoms with Crippen LogP contribution in [0.4, 0.5) is 4.79 Å². The van der Waals surface area contributed by atoms with Crippen molar-refractivity contribution < 1.29 is 14.0 Å². The molecule has 2 aliphatic rings. The van der Waals surface area contributed by atoms with Crippen LogP contribution in [0.3, 0.4) is 0 Å². The van der Waals surface area contributed by atoms with Gasteiger partial charge in [-0.1, -0.05) is 30.3 Å². The van der Waals surface area contributed by atoms with E-state index in [0.29, 0.717) is 6.61 Å². The maximum Gasteiger partial charge on any atom is 0.410 e. The minimum Gasteiger partial charge on any atom is -0.547 e. The minimum atomic E-state index is -1.60. The maximum atomic E-state index is 12.6. The van der Waals surface area contributed by atoms with E-state index < -0.39 is 8.32 Å². The number of fused-ring (bicyclic) bond motifs is 2. The van der Waals surface area contributed by atoms with E-state index >= 15 is 0 Å². The van der Waals surface area contributed by atoms with Crippen LogP contribution in [-0.2, 0) is 15.8 Å². The molecule has 0 aromatic heterocycles. The molecule has 1 saturated heterocycles. The van der Waals surface area contributed by atoms with E-state index in [2.05, 4.69) is 25.7 Å². The molecular formula is C19H27NO3Si. The molecule has 2 atom stereocenters. The molecule has 1 fully saturated rings. The smallest absolute Gasteiger partial charge is 0.410 e. The van der Waals surface area contributed by atoms with E-state index in [1.54, 1.807) is 0 Å². The largest absolute Gasteiger partial charge is 0.547 e. The number of piperidine rings is 1. The Labute approximate surface area is 145 Å². The molecule has 2 heterocycles. The maximum absolute atomic E-state index is 12.6. The lowest BCUT2D eigenvalue weighted by atomic mass is 9.88. The Morgan fingerprint density at radius 1 is 1.21 bits per heavy atom. The van der Waals surface area contributed by atoms with E-state index in [-0.39, 0.29) is 18.2 Å². The summed E-state index contributed by atoms with van der Waals surface area (Å²) in [6.07, 6.45) is 5.96. The van der Waals surface area contributed by atoms with Crippen LogP contribution in [-0.4, -0.2) is 31.4 Å². The summed E-state index contributed by atoms with van der Waals surface area (Å²) in [5.41, 5.74) is 1.02. The quantitative estimate of drug-likeness (QED) is 0.743. The van der Waals surface area contributed by atoms with Crippen molar-refractivity contribution >= 4 is 14.4 Å². The first-order chi connectivity index (χ1) is 11.4. The summed E-state index contributed by atoms with van der Waals surface area (Å²) in [5.74, 6) is 1.08. The predicted octanol–water partition coefficient (Wildman–Crippen LogP) is 4.69. The highest BCUT2D eigenvalue weighted by Gasteiger charge is 2.39. The summed E-state index contributed by atoms with van der Waals surface area (Å²) in [6, 6.07) is 10.2. The normalized spacial score (nSPS) is 23.5. The first-order valence-electron chi connectivity index (χ1n) is 8.81. The molecule has 0 saturated carbocycles. The third-order valence-electron chi connectivity index (χ3n) is 4.46. The van der Waals surface area contributed by atoms with Gasteiger partial charge in [0.2, 0.25) is 8.32 Å². The first kappa shape index (κ1) is 17.1. The Hall–Kier alpha value is -1.75. The molecule has 24 heavy (non-hydrogen) atoms. The van der Waals surface area contributed by atoms with Gasteiger partial charge in [-0.05, 0) is 50.5 Å². The zero-order chi connectivity index (χ0) is 17.2. The second-order valence-corrected chi connectivity index (χ2v) is 12.1. The lowest BCUT2D eigenvalue weighted by Gasteiger charge is -2.44. The van der Waals surface area contributed by atoms with Crippen LogP contribution in [0.5, 0.6) is 0 Å². The molecule has 4 nitrogen and oxygen atoms in total. The third-order valence-corrected chi connectivity index (χ3v) is 5.33. The summed E-state index contributed by atoms with van der Waals surface area (Å²) in [6.45, 7) is 6.93. The van der Waals surface area contributed by atoms with Crippen molar-refractivity contribution in [2.24, 2.45) is 0 Å². The van der Waals surface area contributed by atoms with E-state index in [4.69, 9.17) is 9.16 Å². The molecule has 1 aromatic rings. The van der Waals surface area contributed by atoms with Gasteiger partial charge in [0.1, 0.15) is 6.61 Å². The number of hydrogen-bond donors (Lipinski definition) is 0. The fraction of sp³-hybridized carbons (Fsp3) is 0.526. The van der Waals surface area contributed by atoms with E-state index in [9.17, 15) is 4.79 Å². The van der Waals surface area contributed by atoms with E-state index in [1.165, 1.54) is 0 Å². The van der Waals surface area contributed by atoms with Gasteiger partial charge in [0.15, 0.2) is 0 Å². The van der Waals surface area contributed by atoms with Crippen LogP contribution < -0.4 is 0 Å². The highest BCUT2D eigenvalue weighted by molar-refractivity contribution is 6.70. The number of ether oxygens (including phenoxy) is 1. The lowest BCUT2D eigenvalue weighted by Crippen LogP contribution is -2.52. The summed E-state index contributed by atoms with van der Waals surface area (Å²) in [4.78, 5) is 14.6. The molecule has 1 amide bonds. The fourth-order valence-corrected chi connectivity index (χ4v) is 4.48. The van der Waals surface area contributed by atoms with Gasteiger partial charge in [-0.2, -0.15) is 0 Å². The van der Waals surface area contributed by atoms with Crippen molar-refractivity contribution in [1.82, 2.24) is 4.90 Å². The van der Waals surface area contributed by atoms with Crippen molar-refractivity contribution in [2.45, 2.75) is 64.0 Å². The second kappa shape index (κ2) is 7.01. The third kappa shape index (κ3) is 4.20. The number of carbonyl (C=O) groups is 1. The molecule has 0 N–H and O–H groups in total. The van der Waals surface area contributed by atoms with Gasteiger partial charge in [-0.25, -0.2) is 4.79 Å². The molecule has 1 aromatic carbocycles.